The molecule has 0 saturated carbocycles. The van der Waals surface area contributed by atoms with Crippen molar-refractivity contribution in [2.24, 2.45) is 0 Å². The average Bonchev–Trinajstić information content (AvgIpc) is 2.93. The molecule has 0 aliphatic heterocycles. The Bertz CT molecular complexity index is 964. The van der Waals surface area contributed by atoms with Crippen LogP contribution in [0.25, 0.3) is 10.2 Å². The number of carbonyl (C=O) groups excluding carboxylic acids is 1. The first-order valence-corrected chi connectivity index (χ1v) is 9.11. The van der Waals surface area contributed by atoms with Crippen LogP contribution in [0, 0.1) is 6.92 Å². The molecular formula is C18H17ClN2O3S. The van der Waals surface area contributed by atoms with Crippen molar-refractivity contribution in [1.82, 2.24) is 9.97 Å². The highest BCUT2D eigenvalue weighted by atomic mass is 35.5. The number of esters is 1. The van der Waals surface area contributed by atoms with E-state index in [0.717, 1.165) is 16.9 Å². The number of nitrogens with one attached hydrogen (secondary N) is 1. The second-order valence-electron chi connectivity index (χ2n) is 5.68. The van der Waals surface area contributed by atoms with Gasteiger partial charge in [-0.2, -0.15) is 0 Å². The average molecular weight is 377 g/mol. The van der Waals surface area contributed by atoms with Gasteiger partial charge in [0.05, 0.1) is 17.4 Å². The van der Waals surface area contributed by atoms with Crippen molar-refractivity contribution in [3.05, 3.63) is 62.5 Å². The first kappa shape index (κ1) is 17.6. The summed E-state index contributed by atoms with van der Waals surface area (Å²) >= 11 is 7.15. The van der Waals surface area contributed by atoms with Gasteiger partial charge in [-0.3, -0.25) is 4.79 Å². The van der Waals surface area contributed by atoms with Gasteiger partial charge in [-0.05, 0) is 25.0 Å². The van der Waals surface area contributed by atoms with Gasteiger partial charge >= 0.3 is 5.97 Å². The highest BCUT2D eigenvalue weighted by Crippen LogP contribution is 2.28. The number of aromatic amines is 1. The molecule has 25 heavy (non-hydrogen) atoms. The van der Waals surface area contributed by atoms with Crippen molar-refractivity contribution in [2.45, 2.75) is 25.6 Å². The molecule has 0 aliphatic carbocycles. The number of ether oxygens (including phenoxy) is 1. The van der Waals surface area contributed by atoms with Gasteiger partial charge in [0.2, 0.25) is 0 Å². The van der Waals surface area contributed by atoms with E-state index >= 15 is 0 Å². The smallest absolute Gasteiger partial charge is 0.348 e. The van der Waals surface area contributed by atoms with Gasteiger partial charge in [0.25, 0.3) is 5.56 Å². The van der Waals surface area contributed by atoms with Gasteiger partial charge in [-0.1, -0.05) is 30.3 Å². The van der Waals surface area contributed by atoms with E-state index in [1.807, 2.05) is 30.3 Å². The van der Waals surface area contributed by atoms with Crippen molar-refractivity contribution in [3.8, 4) is 0 Å². The molecule has 0 spiro atoms. The summed E-state index contributed by atoms with van der Waals surface area (Å²) in [7, 11) is 0. The van der Waals surface area contributed by atoms with Crippen LogP contribution in [0.1, 0.15) is 38.9 Å². The molecule has 7 heteroatoms. The predicted molar refractivity (Wildman–Crippen MR) is 99.7 cm³/mol. The number of hydrogen-bond acceptors (Lipinski definition) is 5. The Morgan fingerprint density at radius 3 is 2.76 bits per heavy atom. The number of aryl methyl sites for hydroxylation is 1. The van der Waals surface area contributed by atoms with Crippen molar-refractivity contribution in [2.75, 3.05) is 6.61 Å². The summed E-state index contributed by atoms with van der Waals surface area (Å²) in [6.45, 7) is 3.74. The van der Waals surface area contributed by atoms with E-state index in [2.05, 4.69) is 9.97 Å². The highest BCUT2D eigenvalue weighted by molar-refractivity contribution is 7.20. The monoisotopic (exact) mass is 376 g/mol. The minimum Gasteiger partial charge on any atom is -0.461 e. The van der Waals surface area contributed by atoms with Crippen molar-refractivity contribution >= 4 is 39.1 Å². The predicted octanol–water partition coefficient (Wildman–Crippen LogP) is 3.99. The number of fused-ring (bicyclic) bond motifs is 1. The maximum Gasteiger partial charge on any atom is 0.348 e. The molecule has 0 saturated heterocycles. The van der Waals surface area contributed by atoms with Crippen LogP contribution in [0.5, 0.6) is 0 Å². The summed E-state index contributed by atoms with van der Waals surface area (Å²) in [5.41, 5.74) is 1.40. The van der Waals surface area contributed by atoms with Crippen LogP contribution in [-0.2, 0) is 11.2 Å². The molecule has 1 aromatic carbocycles. The molecule has 0 bridgehead atoms. The number of carbonyl (C=O) groups is 1. The van der Waals surface area contributed by atoms with E-state index in [1.54, 1.807) is 13.8 Å². The van der Waals surface area contributed by atoms with E-state index in [-0.39, 0.29) is 12.2 Å². The van der Waals surface area contributed by atoms with Crippen molar-refractivity contribution in [1.29, 1.82) is 0 Å². The van der Waals surface area contributed by atoms with Crippen LogP contribution < -0.4 is 5.56 Å². The van der Waals surface area contributed by atoms with E-state index < -0.39 is 11.3 Å². The number of alkyl halides is 1. The third kappa shape index (κ3) is 3.75. The summed E-state index contributed by atoms with van der Waals surface area (Å²) < 4.78 is 5.37. The molecule has 0 aliphatic rings. The lowest BCUT2D eigenvalue weighted by atomic mass is 10.2. The molecule has 2 heterocycles. The number of hydrogen-bond donors (Lipinski definition) is 1. The quantitative estimate of drug-likeness (QED) is 0.539. The molecule has 3 rings (SSSR count). The number of H-pyrrole nitrogens is 1. The number of rotatable bonds is 5. The topological polar surface area (TPSA) is 72.0 Å². The number of halogens is 1. The van der Waals surface area contributed by atoms with Crippen LogP contribution in [0.4, 0.5) is 0 Å². The molecule has 1 N–H and O–H groups in total. The van der Waals surface area contributed by atoms with Crippen LogP contribution in [0.15, 0.2) is 35.1 Å². The molecule has 5 nitrogen and oxygen atoms in total. The maximum atomic E-state index is 12.4. The van der Waals surface area contributed by atoms with Gasteiger partial charge in [-0.25, -0.2) is 9.78 Å². The standard InChI is InChI=1S/C18H17ClN2O3S/c1-10-13-16(22)20-15(11(2)19)21-17(13)25-14(10)18(23)24-9-8-12-6-4-3-5-7-12/h3-7,11H,8-9H2,1-2H3,(H,20,21,22). The zero-order valence-electron chi connectivity index (χ0n) is 13.8. The molecule has 3 aromatic rings. The number of thiophene rings is 1. The van der Waals surface area contributed by atoms with Gasteiger partial charge < -0.3 is 9.72 Å². The van der Waals surface area contributed by atoms with Gasteiger partial charge in [0, 0.05) is 6.42 Å². The van der Waals surface area contributed by atoms with Gasteiger partial charge in [0.1, 0.15) is 15.5 Å². The van der Waals surface area contributed by atoms with Crippen LogP contribution in [-0.4, -0.2) is 22.5 Å². The lowest BCUT2D eigenvalue weighted by Crippen LogP contribution is -2.12. The van der Waals surface area contributed by atoms with E-state index in [1.165, 1.54) is 0 Å². The first-order chi connectivity index (χ1) is 12.0. The Kier molecular flexibility index (Phi) is 5.20. The van der Waals surface area contributed by atoms with E-state index in [9.17, 15) is 9.59 Å². The first-order valence-electron chi connectivity index (χ1n) is 7.85. The van der Waals surface area contributed by atoms with Crippen molar-refractivity contribution < 1.29 is 9.53 Å². The highest BCUT2D eigenvalue weighted by Gasteiger charge is 2.21. The maximum absolute atomic E-state index is 12.4. The van der Waals surface area contributed by atoms with E-state index in [4.69, 9.17) is 16.3 Å². The minimum absolute atomic E-state index is 0.282. The Balaban J connectivity index is 1.80. The second kappa shape index (κ2) is 7.37. The fraction of sp³-hybridized carbons (Fsp3) is 0.278. The number of nitrogens with zero attached hydrogens (tertiary/aromatic N) is 1. The Morgan fingerprint density at radius 1 is 1.36 bits per heavy atom. The number of aromatic nitrogens is 2. The summed E-state index contributed by atoms with van der Waals surface area (Å²) in [6.07, 6.45) is 0.642. The fourth-order valence-corrected chi connectivity index (χ4v) is 3.70. The van der Waals surface area contributed by atoms with Crippen LogP contribution >= 0.6 is 22.9 Å². The molecular weight excluding hydrogens is 360 g/mol. The third-order valence-corrected chi connectivity index (χ3v) is 5.22. The molecule has 0 fully saturated rings. The Labute approximate surface area is 153 Å². The van der Waals surface area contributed by atoms with Crippen molar-refractivity contribution in [3.63, 3.8) is 0 Å². The molecule has 1 atom stereocenters. The molecule has 130 valence electrons. The summed E-state index contributed by atoms with van der Waals surface area (Å²) in [5, 5.41) is 0.00172. The Hall–Kier alpha value is -2.18. The van der Waals surface area contributed by atoms with Crippen LogP contribution in [0.3, 0.4) is 0 Å². The minimum atomic E-state index is -0.434. The van der Waals surface area contributed by atoms with Gasteiger partial charge in [0.15, 0.2) is 0 Å². The van der Waals surface area contributed by atoms with Gasteiger partial charge in [-0.15, -0.1) is 22.9 Å². The SMILES string of the molecule is Cc1c(C(=O)OCCc2ccccc2)sc2nc(C(C)Cl)[nH]c(=O)c12. The zero-order chi connectivity index (χ0) is 18.0. The third-order valence-electron chi connectivity index (χ3n) is 3.85. The summed E-state index contributed by atoms with van der Waals surface area (Å²) in [4.78, 5) is 32.6. The summed E-state index contributed by atoms with van der Waals surface area (Å²) in [6, 6.07) is 9.80. The normalized spacial score (nSPS) is 12.3. The van der Waals surface area contributed by atoms with E-state index in [0.29, 0.717) is 32.9 Å². The molecule has 0 amide bonds. The molecule has 2 aromatic heterocycles. The molecule has 0 radical (unpaired) electrons. The summed E-state index contributed by atoms with van der Waals surface area (Å²) in [5.74, 6) is -0.0410. The lowest BCUT2D eigenvalue weighted by molar-refractivity contribution is 0.0514. The fourth-order valence-electron chi connectivity index (χ4n) is 2.52. The lowest BCUT2D eigenvalue weighted by Gasteiger charge is -2.04. The van der Waals surface area contributed by atoms with Crippen LogP contribution in [0.2, 0.25) is 0 Å². The number of benzene rings is 1. The zero-order valence-corrected chi connectivity index (χ0v) is 15.4. The Morgan fingerprint density at radius 2 is 2.08 bits per heavy atom. The molecule has 1 unspecified atom stereocenters. The second-order valence-corrected chi connectivity index (χ2v) is 7.33. The largest absolute Gasteiger partial charge is 0.461 e.